The lowest BCUT2D eigenvalue weighted by Crippen LogP contribution is -2.21. The average molecular weight is 426 g/mol. The van der Waals surface area contributed by atoms with E-state index in [0.29, 0.717) is 11.3 Å². The summed E-state index contributed by atoms with van der Waals surface area (Å²) in [7, 11) is 0. The lowest BCUT2D eigenvalue weighted by atomic mass is 10.1. The zero-order valence-corrected chi connectivity index (χ0v) is 17.8. The minimum absolute atomic E-state index is 0.113. The molecular formula is C26H20ClN3O. The van der Waals surface area contributed by atoms with Crippen LogP contribution in [-0.2, 0) is 11.3 Å². The number of carbonyl (C=O) groups is 1. The molecule has 0 unspecified atom stereocenters. The minimum Gasteiger partial charge on any atom is -0.342 e. The summed E-state index contributed by atoms with van der Waals surface area (Å²) < 4.78 is 2.20. The highest BCUT2D eigenvalue weighted by Crippen LogP contribution is 2.29. The van der Waals surface area contributed by atoms with Crippen molar-refractivity contribution >= 4 is 45.9 Å². The van der Waals surface area contributed by atoms with Gasteiger partial charge in [-0.3, -0.25) is 4.79 Å². The number of hydrazone groups is 1. The third-order valence-electron chi connectivity index (χ3n) is 5.45. The number of carbonyl (C=O) groups excluding carboxylic acids is 1. The molecule has 1 amide bonds. The molecule has 0 saturated carbocycles. The van der Waals surface area contributed by atoms with E-state index in [1.54, 1.807) is 0 Å². The molecule has 0 radical (unpaired) electrons. The van der Waals surface area contributed by atoms with Gasteiger partial charge in [0.2, 0.25) is 0 Å². The normalized spacial score (nSPS) is 15.2. The van der Waals surface area contributed by atoms with Gasteiger partial charge in [0, 0.05) is 34.2 Å². The number of nitrogens with zero attached hydrogens (tertiary/aromatic N) is 3. The number of halogens is 1. The van der Waals surface area contributed by atoms with E-state index < -0.39 is 0 Å². The second kappa shape index (κ2) is 7.89. The summed E-state index contributed by atoms with van der Waals surface area (Å²) in [6.45, 7) is 2.59. The van der Waals surface area contributed by atoms with Gasteiger partial charge in [-0.1, -0.05) is 60.1 Å². The average Bonchev–Trinajstić information content (AvgIpc) is 3.28. The number of rotatable bonds is 4. The van der Waals surface area contributed by atoms with Crippen molar-refractivity contribution in [1.29, 1.82) is 0 Å². The minimum atomic E-state index is -0.113. The molecule has 31 heavy (non-hydrogen) atoms. The van der Waals surface area contributed by atoms with Crippen molar-refractivity contribution in [2.75, 3.05) is 5.01 Å². The van der Waals surface area contributed by atoms with Crippen molar-refractivity contribution in [3.63, 3.8) is 0 Å². The maximum absolute atomic E-state index is 13.1. The zero-order chi connectivity index (χ0) is 21.4. The maximum Gasteiger partial charge on any atom is 0.280 e. The van der Waals surface area contributed by atoms with Crippen LogP contribution in [0.5, 0.6) is 0 Å². The quantitative estimate of drug-likeness (QED) is 0.361. The monoisotopic (exact) mass is 425 g/mol. The molecule has 0 aliphatic carbocycles. The molecule has 4 nitrogen and oxygen atoms in total. The molecule has 1 aromatic heterocycles. The molecule has 0 bridgehead atoms. The van der Waals surface area contributed by atoms with Gasteiger partial charge in [-0.05, 0) is 48.9 Å². The summed E-state index contributed by atoms with van der Waals surface area (Å²) in [5.41, 5.74) is 5.36. The second-order valence-corrected chi connectivity index (χ2v) is 7.99. The number of hydrogen-bond donors (Lipinski definition) is 0. The van der Waals surface area contributed by atoms with Crippen molar-refractivity contribution in [1.82, 2.24) is 4.57 Å². The fourth-order valence-electron chi connectivity index (χ4n) is 3.89. The summed E-state index contributed by atoms with van der Waals surface area (Å²) >= 11 is 6.03. The third kappa shape index (κ3) is 3.66. The lowest BCUT2D eigenvalue weighted by molar-refractivity contribution is -0.114. The summed E-state index contributed by atoms with van der Waals surface area (Å²) in [5, 5.41) is 7.79. The van der Waals surface area contributed by atoms with Gasteiger partial charge in [0.15, 0.2) is 0 Å². The summed E-state index contributed by atoms with van der Waals surface area (Å²) in [5.74, 6) is -0.113. The van der Waals surface area contributed by atoms with Gasteiger partial charge in [-0.2, -0.15) is 10.1 Å². The fraction of sp³-hybridized carbons (Fsp3) is 0.0769. The highest BCUT2D eigenvalue weighted by Gasteiger charge is 2.28. The Morgan fingerprint density at radius 3 is 2.42 bits per heavy atom. The number of hydrogen-bond acceptors (Lipinski definition) is 2. The Kier molecular flexibility index (Phi) is 4.92. The van der Waals surface area contributed by atoms with Crippen LogP contribution in [0.3, 0.4) is 0 Å². The van der Waals surface area contributed by atoms with Gasteiger partial charge in [0.05, 0.1) is 17.0 Å². The molecule has 1 aliphatic rings. The van der Waals surface area contributed by atoms with E-state index >= 15 is 0 Å². The van der Waals surface area contributed by atoms with Crippen molar-refractivity contribution in [2.24, 2.45) is 5.10 Å². The first-order valence-corrected chi connectivity index (χ1v) is 10.5. The van der Waals surface area contributed by atoms with Crippen LogP contribution in [0.2, 0.25) is 5.02 Å². The standard InChI is InChI=1S/C26H20ClN3O/c1-18-24(26(31)30(28-18)22-7-3-2-4-8-22)15-20-17-29(25-10-6-5-9-23(20)25)16-19-11-13-21(27)14-12-19/h2-15,17H,16H2,1H3/b24-15-. The Balaban J connectivity index is 1.53. The Hall–Kier alpha value is -3.63. The van der Waals surface area contributed by atoms with Crippen molar-refractivity contribution in [3.8, 4) is 0 Å². The van der Waals surface area contributed by atoms with E-state index in [1.807, 2.05) is 79.7 Å². The van der Waals surface area contributed by atoms with E-state index in [-0.39, 0.29) is 5.91 Å². The first kappa shape index (κ1) is 19.3. The van der Waals surface area contributed by atoms with E-state index in [9.17, 15) is 4.79 Å². The van der Waals surface area contributed by atoms with Crippen molar-refractivity contribution < 1.29 is 4.79 Å². The molecule has 0 saturated heterocycles. The Bertz CT molecular complexity index is 1330. The Morgan fingerprint density at radius 2 is 1.65 bits per heavy atom. The summed E-state index contributed by atoms with van der Waals surface area (Å²) in [6, 6.07) is 25.6. The zero-order valence-electron chi connectivity index (χ0n) is 17.0. The molecule has 152 valence electrons. The number of para-hydroxylation sites is 2. The predicted molar refractivity (Wildman–Crippen MR) is 128 cm³/mol. The molecule has 5 heteroatoms. The van der Waals surface area contributed by atoms with Gasteiger partial charge in [0.1, 0.15) is 0 Å². The first-order valence-electron chi connectivity index (χ1n) is 10.1. The van der Waals surface area contributed by atoms with E-state index in [1.165, 1.54) is 5.01 Å². The van der Waals surface area contributed by atoms with Crippen LogP contribution in [0.4, 0.5) is 5.69 Å². The number of anilines is 1. The molecule has 1 aliphatic heterocycles. The lowest BCUT2D eigenvalue weighted by Gasteiger charge is -2.10. The summed E-state index contributed by atoms with van der Waals surface area (Å²) in [6.07, 6.45) is 4.04. The van der Waals surface area contributed by atoms with Crippen molar-refractivity contribution in [2.45, 2.75) is 13.5 Å². The van der Waals surface area contributed by atoms with E-state index in [2.05, 4.69) is 28.0 Å². The molecular weight excluding hydrogens is 406 g/mol. The Morgan fingerprint density at radius 1 is 0.935 bits per heavy atom. The van der Waals surface area contributed by atoms with Crippen LogP contribution in [0.25, 0.3) is 17.0 Å². The number of amides is 1. The summed E-state index contributed by atoms with van der Waals surface area (Å²) in [4.78, 5) is 13.1. The molecule has 0 atom stereocenters. The number of fused-ring (bicyclic) bond motifs is 1. The highest BCUT2D eigenvalue weighted by atomic mass is 35.5. The SMILES string of the molecule is CC1=NN(c2ccccc2)C(=O)/C1=C\c1cn(Cc2ccc(Cl)cc2)c2ccccc12. The van der Waals surface area contributed by atoms with Crippen LogP contribution in [0.1, 0.15) is 18.1 Å². The molecule has 0 spiro atoms. The van der Waals surface area contributed by atoms with Crippen LogP contribution < -0.4 is 5.01 Å². The van der Waals surface area contributed by atoms with Gasteiger partial charge in [-0.15, -0.1) is 0 Å². The van der Waals surface area contributed by atoms with Gasteiger partial charge < -0.3 is 4.57 Å². The van der Waals surface area contributed by atoms with Crippen LogP contribution >= 0.6 is 11.6 Å². The Labute approximate surface area is 185 Å². The predicted octanol–water partition coefficient (Wildman–Crippen LogP) is 6.15. The third-order valence-corrected chi connectivity index (χ3v) is 5.70. The second-order valence-electron chi connectivity index (χ2n) is 7.55. The van der Waals surface area contributed by atoms with Crippen LogP contribution in [0.15, 0.2) is 95.7 Å². The van der Waals surface area contributed by atoms with Crippen LogP contribution in [0, 0.1) is 0 Å². The molecule has 4 aromatic rings. The van der Waals surface area contributed by atoms with Gasteiger partial charge in [-0.25, -0.2) is 0 Å². The first-order chi connectivity index (χ1) is 15.1. The molecule has 3 aromatic carbocycles. The molecule has 0 fully saturated rings. The maximum atomic E-state index is 13.1. The van der Waals surface area contributed by atoms with E-state index in [4.69, 9.17) is 11.6 Å². The van der Waals surface area contributed by atoms with Crippen molar-refractivity contribution in [3.05, 3.63) is 107 Å². The molecule has 5 rings (SSSR count). The number of aromatic nitrogens is 1. The van der Waals surface area contributed by atoms with E-state index in [0.717, 1.165) is 39.3 Å². The molecule has 0 N–H and O–H groups in total. The topological polar surface area (TPSA) is 37.6 Å². The largest absolute Gasteiger partial charge is 0.342 e. The molecule has 2 heterocycles. The fourth-order valence-corrected chi connectivity index (χ4v) is 4.02. The van der Waals surface area contributed by atoms with Gasteiger partial charge in [0.25, 0.3) is 5.91 Å². The smallest absolute Gasteiger partial charge is 0.280 e. The number of benzene rings is 3. The highest BCUT2D eigenvalue weighted by molar-refractivity contribution is 6.32. The van der Waals surface area contributed by atoms with Gasteiger partial charge >= 0.3 is 0 Å². The van der Waals surface area contributed by atoms with Crippen LogP contribution in [-0.4, -0.2) is 16.2 Å².